The zero-order valence-electron chi connectivity index (χ0n) is 15.7. The Morgan fingerprint density at radius 2 is 2.00 bits per heavy atom. The Bertz CT molecular complexity index is 1030. The van der Waals surface area contributed by atoms with Crippen LogP contribution in [0, 0.1) is 6.92 Å². The fourth-order valence-corrected chi connectivity index (χ4v) is 5.97. The van der Waals surface area contributed by atoms with Crippen LogP contribution in [0.5, 0.6) is 0 Å². The highest BCUT2D eigenvalue weighted by atomic mass is 32.2. The van der Waals surface area contributed by atoms with Gasteiger partial charge < -0.3 is 4.90 Å². The molecular formula is C21H26N2O2S. The fraction of sp³-hybridized carbons (Fsp3) is 0.429. The first-order chi connectivity index (χ1) is 12.4. The van der Waals surface area contributed by atoms with Crippen LogP contribution in [-0.4, -0.2) is 36.1 Å². The van der Waals surface area contributed by atoms with Gasteiger partial charge in [-0.3, -0.25) is 0 Å². The summed E-state index contributed by atoms with van der Waals surface area (Å²) < 4.78 is 28.8. The number of aryl methyl sites for hydroxylation is 1. The van der Waals surface area contributed by atoms with Crippen molar-refractivity contribution in [3.05, 3.63) is 58.8 Å². The molecule has 1 unspecified atom stereocenters. The van der Waals surface area contributed by atoms with Crippen molar-refractivity contribution in [1.29, 1.82) is 0 Å². The van der Waals surface area contributed by atoms with Crippen LogP contribution in [0.2, 0.25) is 0 Å². The molecule has 2 aromatic rings. The van der Waals surface area contributed by atoms with Crippen LogP contribution in [0.25, 0.3) is 10.9 Å². The number of hydrogen-bond acceptors (Lipinski definition) is 3. The van der Waals surface area contributed by atoms with Crippen molar-refractivity contribution in [2.24, 2.45) is 0 Å². The molecule has 1 aromatic heterocycles. The van der Waals surface area contributed by atoms with Gasteiger partial charge in [0.25, 0.3) is 0 Å². The summed E-state index contributed by atoms with van der Waals surface area (Å²) in [5.41, 5.74) is 5.28. The molecule has 4 rings (SSSR count). The second kappa shape index (κ2) is 6.39. The Labute approximate surface area is 155 Å². The van der Waals surface area contributed by atoms with E-state index in [1.807, 2.05) is 37.3 Å². The Balaban J connectivity index is 1.95. The highest BCUT2D eigenvalue weighted by Crippen LogP contribution is 2.34. The quantitative estimate of drug-likeness (QED) is 0.808. The molecule has 4 nitrogen and oxygen atoms in total. The van der Waals surface area contributed by atoms with Crippen LogP contribution >= 0.6 is 0 Å². The zero-order chi connectivity index (χ0) is 18.5. The third-order valence-electron chi connectivity index (χ3n) is 5.55. The van der Waals surface area contributed by atoms with E-state index in [1.165, 1.54) is 5.56 Å². The van der Waals surface area contributed by atoms with E-state index in [9.17, 15) is 8.42 Å². The van der Waals surface area contributed by atoms with Gasteiger partial charge >= 0.3 is 0 Å². The maximum Gasteiger partial charge on any atom is 0.246 e. The molecule has 0 N–H and O–H groups in total. The monoisotopic (exact) mass is 370 g/mol. The number of benzene rings is 1. The summed E-state index contributed by atoms with van der Waals surface area (Å²) >= 11 is 0. The lowest BCUT2D eigenvalue weighted by molar-refractivity contribution is 0.333. The van der Waals surface area contributed by atoms with E-state index in [0.717, 1.165) is 53.7 Å². The van der Waals surface area contributed by atoms with E-state index in [4.69, 9.17) is 0 Å². The van der Waals surface area contributed by atoms with Gasteiger partial charge in [0.1, 0.15) is 5.25 Å². The molecule has 1 aromatic carbocycles. The number of fused-ring (bicyclic) bond motifs is 3. The predicted molar refractivity (Wildman–Crippen MR) is 107 cm³/mol. The molecule has 0 saturated carbocycles. The average molecular weight is 371 g/mol. The Kier molecular flexibility index (Phi) is 4.32. The van der Waals surface area contributed by atoms with E-state index >= 15 is 0 Å². The van der Waals surface area contributed by atoms with E-state index < -0.39 is 15.3 Å². The molecule has 1 aliphatic heterocycles. The highest BCUT2D eigenvalue weighted by molar-refractivity contribution is 7.90. The lowest BCUT2D eigenvalue weighted by Crippen LogP contribution is -2.28. The maximum absolute atomic E-state index is 13.6. The minimum Gasteiger partial charge on any atom is -0.302 e. The molecule has 0 radical (unpaired) electrons. The molecule has 0 spiro atoms. The Morgan fingerprint density at radius 1 is 1.19 bits per heavy atom. The molecule has 2 heterocycles. The average Bonchev–Trinajstić information content (AvgIpc) is 2.76. The van der Waals surface area contributed by atoms with E-state index in [-0.39, 0.29) is 0 Å². The van der Waals surface area contributed by atoms with Gasteiger partial charge in [-0.25, -0.2) is 12.4 Å². The molecule has 0 saturated heterocycles. The number of allylic oxidation sites excluding steroid dienone is 3. The van der Waals surface area contributed by atoms with Gasteiger partial charge in [0.05, 0.1) is 5.52 Å². The minimum atomic E-state index is -3.49. The third kappa shape index (κ3) is 2.83. The lowest BCUT2D eigenvalue weighted by Gasteiger charge is -2.19. The van der Waals surface area contributed by atoms with Crippen LogP contribution in [0.3, 0.4) is 0 Å². The van der Waals surface area contributed by atoms with Crippen LogP contribution < -0.4 is 0 Å². The number of rotatable bonds is 2. The highest BCUT2D eigenvalue weighted by Gasteiger charge is 2.32. The zero-order valence-corrected chi connectivity index (χ0v) is 16.5. The van der Waals surface area contributed by atoms with Gasteiger partial charge in [0, 0.05) is 17.6 Å². The van der Waals surface area contributed by atoms with Crippen molar-refractivity contribution >= 4 is 20.9 Å². The summed E-state index contributed by atoms with van der Waals surface area (Å²) in [6.45, 7) is 5.87. The summed E-state index contributed by atoms with van der Waals surface area (Å²) in [5, 5.41) is 0.594. The summed E-state index contributed by atoms with van der Waals surface area (Å²) in [6.07, 6.45) is 8.12. The molecule has 2 aliphatic rings. The van der Waals surface area contributed by atoms with Crippen molar-refractivity contribution in [2.75, 3.05) is 13.6 Å². The topological polar surface area (TPSA) is 42.3 Å². The smallest absolute Gasteiger partial charge is 0.246 e. The molecule has 0 amide bonds. The largest absolute Gasteiger partial charge is 0.302 e. The lowest BCUT2D eigenvalue weighted by atomic mass is 10.1. The van der Waals surface area contributed by atoms with E-state index in [1.54, 1.807) is 3.97 Å². The van der Waals surface area contributed by atoms with Crippen molar-refractivity contribution in [3.8, 4) is 0 Å². The minimum absolute atomic E-state index is 0.492. The molecule has 26 heavy (non-hydrogen) atoms. The van der Waals surface area contributed by atoms with Crippen LogP contribution in [0.4, 0.5) is 0 Å². The van der Waals surface area contributed by atoms with Crippen molar-refractivity contribution in [1.82, 2.24) is 8.87 Å². The number of nitrogens with zero attached hydrogens (tertiary/aromatic N) is 2. The first-order valence-corrected chi connectivity index (χ1v) is 10.8. The SMILES string of the molecule is CC1=CCC(S(=O)(=O)n2c3c(c4cc(C)ccc42)CN(C)CCC3)C=C1. The van der Waals surface area contributed by atoms with Gasteiger partial charge in [-0.15, -0.1) is 0 Å². The van der Waals surface area contributed by atoms with Crippen LogP contribution in [0.15, 0.2) is 42.0 Å². The van der Waals surface area contributed by atoms with Gasteiger partial charge in [0.15, 0.2) is 0 Å². The summed E-state index contributed by atoms with van der Waals surface area (Å²) in [4.78, 5) is 2.29. The van der Waals surface area contributed by atoms with Gasteiger partial charge in [-0.2, -0.15) is 0 Å². The number of hydrogen-bond donors (Lipinski definition) is 0. The molecular weight excluding hydrogens is 344 g/mol. The van der Waals surface area contributed by atoms with Gasteiger partial charge in [-0.05, 0) is 64.4 Å². The first-order valence-electron chi connectivity index (χ1n) is 9.28. The second-order valence-electron chi connectivity index (χ2n) is 7.68. The molecule has 1 aliphatic carbocycles. The third-order valence-corrected chi connectivity index (χ3v) is 7.59. The number of aromatic nitrogens is 1. The molecule has 0 fully saturated rings. The summed E-state index contributed by atoms with van der Waals surface area (Å²) in [5.74, 6) is 0. The first kappa shape index (κ1) is 17.6. The molecule has 5 heteroatoms. The summed E-state index contributed by atoms with van der Waals surface area (Å²) in [6, 6.07) is 6.13. The van der Waals surface area contributed by atoms with Crippen LogP contribution in [-0.2, 0) is 23.0 Å². The van der Waals surface area contributed by atoms with Gasteiger partial charge in [0.2, 0.25) is 10.0 Å². The van der Waals surface area contributed by atoms with Crippen molar-refractivity contribution in [2.45, 2.75) is 44.9 Å². The molecule has 1 atom stereocenters. The van der Waals surface area contributed by atoms with Gasteiger partial charge in [-0.1, -0.05) is 35.4 Å². The summed E-state index contributed by atoms with van der Waals surface area (Å²) in [7, 11) is -1.38. The fourth-order valence-electron chi connectivity index (χ4n) is 4.14. The normalized spacial score (nSPS) is 21.5. The predicted octanol–water partition coefficient (Wildman–Crippen LogP) is 3.78. The standard InChI is InChI=1S/C21H26N2O2S/c1-15-6-9-17(10-7-15)26(24,25)23-20-5-4-12-22(3)14-19(20)18-13-16(2)8-11-21(18)23/h6-9,11,13,17H,4-5,10,12,14H2,1-3H3. The van der Waals surface area contributed by atoms with E-state index in [2.05, 4.69) is 24.9 Å². The Morgan fingerprint density at radius 3 is 2.73 bits per heavy atom. The maximum atomic E-state index is 13.6. The van der Waals surface area contributed by atoms with Crippen LogP contribution in [0.1, 0.15) is 36.6 Å². The van der Waals surface area contributed by atoms with Crippen molar-refractivity contribution < 1.29 is 8.42 Å². The second-order valence-corrected chi connectivity index (χ2v) is 9.68. The van der Waals surface area contributed by atoms with Crippen molar-refractivity contribution in [3.63, 3.8) is 0 Å². The Hall–Kier alpha value is -1.85. The molecule has 0 bridgehead atoms. The van der Waals surface area contributed by atoms with E-state index in [0.29, 0.717) is 6.42 Å². The molecule has 138 valence electrons.